The number of aliphatic hydroxyl groups is 2. The van der Waals surface area contributed by atoms with E-state index < -0.39 is 11.5 Å². The number of aryl methyl sites for hydroxylation is 1. The van der Waals surface area contributed by atoms with Crippen LogP contribution in [0, 0.1) is 0 Å². The Morgan fingerprint density at radius 3 is 2.59 bits per heavy atom. The van der Waals surface area contributed by atoms with Crippen LogP contribution in [0.3, 0.4) is 0 Å². The second kappa shape index (κ2) is 5.26. The molecule has 1 rings (SSSR count). The Morgan fingerprint density at radius 2 is 2.12 bits per heavy atom. The molecule has 0 saturated carbocycles. The second-order valence-electron chi connectivity index (χ2n) is 4.16. The smallest absolute Gasteiger partial charge is 0.339 e. The van der Waals surface area contributed by atoms with Gasteiger partial charge < -0.3 is 20.6 Å². The number of carbonyl (C=O) groups is 1. The topological polar surface area (TPSA) is 108 Å². The van der Waals surface area contributed by atoms with Crippen LogP contribution >= 0.6 is 0 Å². The number of aromatic carboxylic acids is 1. The number of carboxylic acids is 1. The predicted molar refractivity (Wildman–Crippen MR) is 59.6 cm³/mol. The highest BCUT2D eigenvalue weighted by molar-refractivity contribution is 5.88. The van der Waals surface area contributed by atoms with Crippen LogP contribution in [-0.4, -0.2) is 49.8 Å². The molecule has 0 radical (unpaired) electrons. The first-order valence-corrected chi connectivity index (χ1v) is 5.14. The van der Waals surface area contributed by atoms with Crippen LogP contribution in [-0.2, 0) is 13.6 Å². The molecule has 1 heterocycles. The lowest BCUT2D eigenvalue weighted by molar-refractivity contribution is 0.0694. The highest BCUT2D eigenvalue weighted by Gasteiger charge is 2.23. The highest BCUT2D eigenvalue weighted by atomic mass is 16.4. The van der Waals surface area contributed by atoms with E-state index in [9.17, 15) is 4.79 Å². The third kappa shape index (κ3) is 3.02. The van der Waals surface area contributed by atoms with Crippen LogP contribution in [0.1, 0.15) is 23.0 Å². The number of aromatic nitrogens is 2. The molecule has 7 heteroatoms. The summed E-state index contributed by atoms with van der Waals surface area (Å²) in [6.45, 7) is 1.35. The van der Waals surface area contributed by atoms with Crippen LogP contribution in [0.5, 0.6) is 0 Å². The van der Waals surface area contributed by atoms with Crippen molar-refractivity contribution in [3.63, 3.8) is 0 Å². The summed E-state index contributed by atoms with van der Waals surface area (Å²) in [6.07, 6.45) is 1.27. The molecule has 0 aromatic carbocycles. The Kier molecular flexibility index (Phi) is 4.22. The number of hydrogen-bond acceptors (Lipinski definition) is 5. The second-order valence-corrected chi connectivity index (χ2v) is 4.16. The van der Waals surface area contributed by atoms with Gasteiger partial charge in [0.25, 0.3) is 0 Å². The molecule has 0 fully saturated rings. The molecule has 0 aliphatic carbocycles. The van der Waals surface area contributed by atoms with Crippen LogP contribution in [0.4, 0.5) is 0 Å². The quantitative estimate of drug-likeness (QED) is 0.508. The molecule has 17 heavy (non-hydrogen) atoms. The molecule has 0 bridgehead atoms. The summed E-state index contributed by atoms with van der Waals surface area (Å²) in [4.78, 5) is 10.9. The van der Waals surface area contributed by atoms with E-state index in [1.165, 1.54) is 10.9 Å². The molecule has 0 aliphatic rings. The molecular weight excluding hydrogens is 226 g/mol. The van der Waals surface area contributed by atoms with Crippen molar-refractivity contribution in [1.82, 2.24) is 15.1 Å². The molecule has 4 N–H and O–H groups in total. The summed E-state index contributed by atoms with van der Waals surface area (Å²) in [7, 11) is 1.64. The molecule has 0 atom stereocenters. The minimum Gasteiger partial charge on any atom is -0.478 e. The van der Waals surface area contributed by atoms with Crippen molar-refractivity contribution < 1.29 is 20.1 Å². The van der Waals surface area contributed by atoms with E-state index in [1.807, 2.05) is 0 Å². The standard InChI is InChI=1S/C10H17N3O4/c1-10(5-14,6-15)11-4-8-7(9(16)17)3-12-13(8)2/h3,11,14-15H,4-6H2,1-2H3,(H,16,17). The van der Waals surface area contributed by atoms with Crippen molar-refractivity contribution in [2.45, 2.75) is 19.0 Å². The zero-order chi connectivity index (χ0) is 13.1. The molecule has 0 amide bonds. The molecule has 0 aliphatic heterocycles. The van der Waals surface area contributed by atoms with Crippen LogP contribution in [0.2, 0.25) is 0 Å². The largest absolute Gasteiger partial charge is 0.478 e. The summed E-state index contributed by atoms with van der Waals surface area (Å²) in [5, 5.41) is 33.9. The zero-order valence-corrected chi connectivity index (χ0v) is 9.84. The maximum absolute atomic E-state index is 10.9. The normalized spacial score (nSPS) is 11.8. The monoisotopic (exact) mass is 243 g/mol. The van der Waals surface area contributed by atoms with Gasteiger partial charge in [0.2, 0.25) is 0 Å². The first kappa shape index (κ1) is 13.6. The fourth-order valence-corrected chi connectivity index (χ4v) is 1.31. The molecule has 1 aromatic heterocycles. The van der Waals surface area contributed by atoms with E-state index >= 15 is 0 Å². The van der Waals surface area contributed by atoms with Crippen molar-refractivity contribution in [2.75, 3.05) is 13.2 Å². The summed E-state index contributed by atoms with van der Waals surface area (Å²) in [5.74, 6) is -1.05. The molecule has 0 unspecified atom stereocenters. The molecule has 7 nitrogen and oxygen atoms in total. The van der Waals surface area contributed by atoms with Gasteiger partial charge in [-0.3, -0.25) is 4.68 Å². The third-order valence-corrected chi connectivity index (χ3v) is 2.67. The lowest BCUT2D eigenvalue weighted by atomic mass is 10.1. The molecule has 1 aromatic rings. The zero-order valence-electron chi connectivity index (χ0n) is 9.84. The number of hydrogen-bond donors (Lipinski definition) is 4. The minimum atomic E-state index is -1.05. The van der Waals surface area contributed by atoms with E-state index in [2.05, 4.69) is 10.4 Å². The summed E-state index contributed by atoms with van der Waals surface area (Å²) >= 11 is 0. The molecule has 96 valence electrons. The maximum Gasteiger partial charge on any atom is 0.339 e. The number of nitrogens with zero attached hydrogens (tertiary/aromatic N) is 2. The maximum atomic E-state index is 10.9. The van der Waals surface area contributed by atoms with E-state index in [4.69, 9.17) is 15.3 Å². The lowest BCUT2D eigenvalue weighted by Gasteiger charge is -2.26. The summed E-state index contributed by atoms with van der Waals surface area (Å²) < 4.78 is 1.45. The Morgan fingerprint density at radius 1 is 1.53 bits per heavy atom. The average molecular weight is 243 g/mol. The lowest BCUT2D eigenvalue weighted by Crippen LogP contribution is -2.48. The van der Waals surface area contributed by atoms with Crippen molar-refractivity contribution in [3.8, 4) is 0 Å². The Hall–Kier alpha value is -1.44. The van der Waals surface area contributed by atoms with Crippen LogP contribution in [0.15, 0.2) is 6.20 Å². The molecule has 0 spiro atoms. The third-order valence-electron chi connectivity index (χ3n) is 2.67. The van der Waals surface area contributed by atoms with E-state index in [1.54, 1.807) is 14.0 Å². The number of nitrogens with one attached hydrogen (secondary N) is 1. The van der Waals surface area contributed by atoms with Crippen molar-refractivity contribution in [3.05, 3.63) is 17.5 Å². The van der Waals surface area contributed by atoms with Gasteiger partial charge in [0.15, 0.2) is 0 Å². The number of rotatable bonds is 6. The fourth-order valence-electron chi connectivity index (χ4n) is 1.31. The van der Waals surface area contributed by atoms with Crippen LogP contribution in [0.25, 0.3) is 0 Å². The van der Waals surface area contributed by atoms with Gasteiger partial charge in [0, 0.05) is 13.6 Å². The highest BCUT2D eigenvalue weighted by Crippen LogP contribution is 2.10. The van der Waals surface area contributed by atoms with Crippen molar-refractivity contribution in [1.29, 1.82) is 0 Å². The van der Waals surface area contributed by atoms with E-state index in [-0.39, 0.29) is 25.3 Å². The Bertz CT molecular complexity index is 398. The summed E-state index contributed by atoms with van der Waals surface area (Å²) in [5.41, 5.74) is -0.246. The number of aliphatic hydroxyl groups excluding tert-OH is 2. The van der Waals surface area contributed by atoms with Gasteiger partial charge in [0.05, 0.1) is 30.6 Å². The van der Waals surface area contributed by atoms with Gasteiger partial charge in [-0.1, -0.05) is 0 Å². The minimum absolute atomic E-state index is 0.109. The first-order chi connectivity index (χ1) is 7.93. The van der Waals surface area contributed by atoms with Crippen LogP contribution < -0.4 is 5.32 Å². The van der Waals surface area contributed by atoms with Gasteiger partial charge in [-0.05, 0) is 6.92 Å². The fraction of sp³-hybridized carbons (Fsp3) is 0.600. The van der Waals surface area contributed by atoms with Crippen molar-refractivity contribution >= 4 is 5.97 Å². The van der Waals surface area contributed by atoms with Crippen molar-refractivity contribution in [2.24, 2.45) is 7.05 Å². The first-order valence-electron chi connectivity index (χ1n) is 5.14. The SMILES string of the molecule is Cn1ncc(C(=O)O)c1CNC(C)(CO)CO. The molecule has 0 saturated heterocycles. The Balaban J connectivity index is 2.82. The average Bonchev–Trinajstić information content (AvgIpc) is 2.68. The summed E-state index contributed by atoms with van der Waals surface area (Å²) in [6, 6.07) is 0. The van der Waals surface area contributed by atoms with Gasteiger partial charge in [-0.15, -0.1) is 0 Å². The van der Waals surface area contributed by atoms with Gasteiger partial charge in [-0.25, -0.2) is 4.79 Å². The Labute approximate surface area is 98.7 Å². The van der Waals surface area contributed by atoms with Gasteiger partial charge in [-0.2, -0.15) is 5.10 Å². The van der Waals surface area contributed by atoms with Gasteiger partial charge >= 0.3 is 5.97 Å². The number of carboxylic acid groups (broad SMARTS) is 1. The van der Waals surface area contributed by atoms with Gasteiger partial charge in [0.1, 0.15) is 5.56 Å². The van der Waals surface area contributed by atoms with E-state index in [0.29, 0.717) is 5.69 Å². The molecular formula is C10H17N3O4. The predicted octanol–water partition coefficient (Wildman–Crippen LogP) is -1.05. The van der Waals surface area contributed by atoms with E-state index in [0.717, 1.165) is 0 Å².